The lowest BCUT2D eigenvalue weighted by Crippen LogP contribution is -2.33. The van der Waals surface area contributed by atoms with Crippen LogP contribution in [0.5, 0.6) is 0 Å². The summed E-state index contributed by atoms with van der Waals surface area (Å²) < 4.78 is 0. The van der Waals surface area contributed by atoms with Crippen molar-refractivity contribution in [3.63, 3.8) is 0 Å². The van der Waals surface area contributed by atoms with Crippen LogP contribution in [0.15, 0.2) is 4.99 Å². The Morgan fingerprint density at radius 1 is 1.24 bits per heavy atom. The minimum atomic E-state index is 0.466. The van der Waals surface area contributed by atoms with Gasteiger partial charge in [0.25, 0.3) is 0 Å². The van der Waals surface area contributed by atoms with Crippen molar-refractivity contribution in [2.24, 2.45) is 4.99 Å². The second kappa shape index (κ2) is 6.03. The van der Waals surface area contributed by atoms with Crippen LogP contribution in [0.1, 0.15) is 51.9 Å². The zero-order chi connectivity index (χ0) is 12.1. The van der Waals surface area contributed by atoms with Crippen LogP contribution in [0, 0.1) is 5.41 Å². The Labute approximate surface area is 104 Å². The maximum Gasteiger partial charge on any atom is 0.0965 e. The molecule has 2 fully saturated rings. The number of nitrogens with one attached hydrogen (secondary N) is 3. The lowest BCUT2D eigenvalue weighted by molar-refractivity contribution is 0.522. The molecule has 0 aromatic rings. The zero-order valence-corrected chi connectivity index (χ0v) is 10.8. The second-order valence-corrected chi connectivity index (χ2v) is 5.27. The van der Waals surface area contributed by atoms with Gasteiger partial charge in [-0.1, -0.05) is 6.42 Å². The molecule has 4 nitrogen and oxygen atoms in total. The topological polar surface area (TPSA) is 60.3 Å². The number of nitrogens with zero attached hydrogens (tertiary/aromatic N) is 1. The van der Waals surface area contributed by atoms with Gasteiger partial charge in [0, 0.05) is 31.5 Å². The fraction of sp³-hybridized carbons (Fsp3) is 0.846. The Balaban J connectivity index is 1.72. The van der Waals surface area contributed by atoms with E-state index in [4.69, 9.17) is 5.41 Å². The molecule has 2 saturated heterocycles. The Kier molecular flexibility index (Phi) is 4.40. The molecule has 2 rings (SSSR count). The molecule has 4 heteroatoms. The van der Waals surface area contributed by atoms with Crippen molar-refractivity contribution in [3.8, 4) is 0 Å². The number of hydrogen-bond acceptors (Lipinski definition) is 2. The molecule has 2 atom stereocenters. The smallest absolute Gasteiger partial charge is 0.0965 e. The largest absolute Gasteiger partial charge is 0.371 e. The van der Waals surface area contributed by atoms with E-state index in [0.29, 0.717) is 17.9 Å². The molecule has 0 radical (unpaired) electrons. The van der Waals surface area contributed by atoms with Gasteiger partial charge in [-0.05, 0) is 32.6 Å². The molecule has 0 spiro atoms. The van der Waals surface area contributed by atoms with Crippen LogP contribution in [0.25, 0.3) is 0 Å². The molecule has 2 heterocycles. The predicted molar refractivity (Wildman–Crippen MR) is 71.9 cm³/mol. The normalized spacial score (nSPS) is 32.1. The molecule has 0 amide bonds. The molecule has 0 saturated carbocycles. The number of hydrogen-bond donors (Lipinski definition) is 3. The highest BCUT2D eigenvalue weighted by molar-refractivity contribution is 5.84. The van der Waals surface area contributed by atoms with Gasteiger partial charge < -0.3 is 10.6 Å². The average molecular weight is 236 g/mol. The van der Waals surface area contributed by atoms with Gasteiger partial charge in [0.15, 0.2) is 0 Å². The van der Waals surface area contributed by atoms with E-state index in [1.807, 2.05) is 0 Å². The van der Waals surface area contributed by atoms with Gasteiger partial charge in [0.05, 0.1) is 11.7 Å². The van der Waals surface area contributed by atoms with Crippen LogP contribution in [-0.4, -0.2) is 30.3 Å². The number of aliphatic imine (C=N–C) groups is 1. The van der Waals surface area contributed by atoms with Crippen LogP contribution in [0.4, 0.5) is 0 Å². The SMILES string of the molecule is CC1CCC(=NCCC2CCCCC(=N)N2)N1. The highest BCUT2D eigenvalue weighted by atomic mass is 15.0. The van der Waals surface area contributed by atoms with Gasteiger partial charge in [0.1, 0.15) is 0 Å². The summed E-state index contributed by atoms with van der Waals surface area (Å²) >= 11 is 0. The lowest BCUT2D eigenvalue weighted by Gasteiger charge is -2.15. The fourth-order valence-corrected chi connectivity index (χ4v) is 2.56. The Hall–Kier alpha value is -1.06. The Morgan fingerprint density at radius 2 is 2.12 bits per heavy atom. The van der Waals surface area contributed by atoms with Crippen molar-refractivity contribution >= 4 is 11.7 Å². The maximum absolute atomic E-state index is 7.73. The van der Waals surface area contributed by atoms with Crippen molar-refractivity contribution < 1.29 is 0 Å². The van der Waals surface area contributed by atoms with E-state index in [-0.39, 0.29) is 0 Å². The van der Waals surface area contributed by atoms with Gasteiger partial charge >= 0.3 is 0 Å². The first kappa shape index (κ1) is 12.4. The second-order valence-electron chi connectivity index (χ2n) is 5.27. The molecule has 0 aromatic carbocycles. The highest BCUT2D eigenvalue weighted by Gasteiger charge is 2.16. The van der Waals surface area contributed by atoms with Crippen molar-refractivity contribution in [3.05, 3.63) is 0 Å². The summed E-state index contributed by atoms with van der Waals surface area (Å²) in [4.78, 5) is 4.62. The number of amidine groups is 2. The molecule has 3 N–H and O–H groups in total. The van der Waals surface area contributed by atoms with E-state index in [1.54, 1.807) is 0 Å². The fourth-order valence-electron chi connectivity index (χ4n) is 2.56. The van der Waals surface area contributed by atoms with E-state index >= 15 is 0 Å². The van der Waals surface area contributed by atoms with Crippen LogP contribution in [0.2, 0.25) is 0 Å². The molecular formula is C13H24N4. The maximum atomic E-state index is 7.73. The van der Waals surface area contributed by atoms with E-state index in [2.05, 4.69) is 22.5 Å². The zero-order valence-electron chi connectivity index (χ0n) is 10.8. The monoisotopic (exact) mass is 236 g/mol. The van der Waals surface area contributed by atoms with Gasteiger partial charge in [-0.3, -0.25) is 10.4 Å². The lowest BCUT2D eigenvalue weighted by atomic mass is 10.1. The molecule has 2 unspecified atom stereocenters. The Morgan fingerprint density at radius 3 is 2.88 bits per heavy atom. The molecule has 0 aromatic heterocycles. The summed E-state index contributed by atoms with van der Waals surface area (Å²) in [5.74, 6) is 1.90. The Bertz CT molecular complexity index is 298. The third kappa shape index (κ3) is 4.02. The minimum absolute atomic E-state index is 0.466. The highest BCUT2D eigenvalue weighted by Crippen LogP contribution is 2.12. The van der Waals surface area contributed by atoms with E-state index in [0.717, 1.165) is 32.2 Å². The van der Waals surface area contributed by atoms with E-state index in [1.165, 1.54) is 25.1 Å². The van der Waals surface area contributed by atoms with Crippen molar-refractivity contribution in [1.29, 1.82) is 5.41 Å². The molecular weight excluding hydrogens is 212 g/mol. The first-order valence-corrected chi connectivity index (χ1v) is 6.88. The van der Waals surface area contributed by atoms with Gasteiger partial charge in [0.2, 0.25) is 0 Å². The first-order valence-electron chi connectivity index (χ1n) is 6.88. The molecule has 2 aliphatic rings. The minimum Gasteiger partial charge on any atom is -0.371 e. The van der Waals surface area contributed by atoms with Crippen LogP contribution < -0.4 is 10.6 Å². The van der Waals surface area contributed by atoms with E-state index in [9.17, 15) is 0 Å². The summed E-state index contributed by atoms with van der Waals surface area (Å²) in [6.07, 6.45) is 7.89. The van der Waals surface area contributed by atoms with Crippen molar-refractivity contribution in [2.75, 3.05) is 6.54 Å². The molecule has 17 heavy (non-hydrogen) atoms. The quantitative estimate of drug-likeness (QED) is 0.702. The summed E-state index contributed by atoms with van der Waals surface area (Å²) in [5, 5.41) is 14.4. The van der Waals surface area contributed by atoms with E-state index < -0.39 is 0 Å². The summed E-state index contributed by atoms with van der Waals surface area (Å²) in [6, 6.07) is 1.06. The van der Waals surface area contributed by atoms with Gasteiger partial charge in [-0.15, -0.1) is 0 Å². The van der Waals surface area contributed by atoms with Crippen LogP contribution in [-0.2, 0) is 0 Å². The molecule has 2 aliphatic heterocycles. The third-order valence-electron chi connectivity index (χ3n) is 3.62. The van der Waals surface area contributed by atoms with Crippen molar-refractivity contribution in [2.45, 2.75) is 64.0 Å². The summed E-state index contributed by atoms with van der Waals surface area (Å²) in [7, 11) is 0. The first-order chi connectivity index (χ1) is 8.24. The molecule has 96 valence electrons. The summed E-state index contributed by atoms with van der Waals surface area (Å²) in [6.45, 7) is 3.09. The van der Waals surface area contributed by atoms with Gasteiger partial charge in [-0.2, -0.15) is 0 Å². The predicted octanol–water partition coefficient (Wildman–Crippen LogP) is 2.06. The average Bonchev–Trinajstić information content (AvgIpc) is 2.58. The van der Waals surface area contributed by atoms with Crippen LogP contribution in [0.3, 0.4) is 0 Å². The van der Waals surface area contributed by atoms with Gasteiger partial charge in [-0.25, -0.2) is 0 Å². The summed E-state index contributed by atoms with van der Waals surface area (Å²) in [5.41, 5.74) is 0. The third-order valence-corrected chi connectivity index (χ3v) is 3.62. The van der Waals surface area contributed by atoms with Crippen LogP contribution >= 0.6 is 0 Å². The molecule has 0 aliphatic carbocycles. The standard InChI is InChI=1S/C13H24N4/c1-10-6-7-13(16-10)15-9-8-11-4-2-3-5-12(14)17-11/h10-11H,2-9H2,1H3,(H2,14,17)(H,15,16). The number of rotatable bonds is 3. The van der Waals surface area contributed by atoms with Crippen molar-refractivity contribution in [1.82, 2.24) is 10.6 Å². The molecule has 0 bridgehead atoms.